The summed E-state index contributed by atoms with van der Waals surface area (Å²) in [6, 6.07) is 9.94. The maximum Gasteiger partial charge on any atom is 0.123 e. The molecule has 3 nitrogen and oxygen atoms in total. The van der Waals surface area contributed by atoms with Crippen LogP contribution in [0.25, 0.3) is 0 Å². The predicted molar refractivity (Wildman–Crippen MR) is 103 cm³/mol. The molecule has 0 bridgehead atoms. The highest BCUT2D eigenvalue weighted by Gasteiger charge is 2.26. The summed E-state index contributed by atoms with van der Waals surface area (Å²) in [5.74, 6) is 0.0707. The maximum absolute atomic E-state index is 12.9. The largest absolute Gasteiger partial charge is 0.507 e. The number of nitrogens with zero attached hydrogens (tertiary/aromatic N) is 1. The third-order valence-corrected chi connectivity index (χ3v) is 4.00. The van der Waals surface area contributed by atoms with Gasteiger partial charge >= 0.3 is 0 Å². The first-order chi connectivity index (χ1) is 11.5. The topological polar surface area (TPSA) is 44.6 Å². The van der Waals surface area contributed by atoms with Crippen molar-refractivity contribution in [3.63, 3.8) is 0 Å². The molecular formula is C21H27FN2O. The van der Waals surface area contributed by atoms with Crippen LogP contribution in [-0.4, -0.2) is 11.3 Å². The number of aromatic hydroxyl groups is 1. The van der Waals surface area contributed by atoms with Crippen LogP contribution in [0.1, 0.15) is 58.2 Å². The summed E-state index contributed by atoms with van der Waals surface area (Å²) in [7, 11) is 0. The minimum absolute atomic E-state index is 0.182. The number of nitrogens with one attached hydrogen (secondary N) is 1. The van der Waals surface area contributed by atoms with E-state index in [0.717, 1.165) is 16.7 Å². The van der Waals surface area contributed by atoms with Gasteiger partial charge in [-0.25, -0.2) is 4.39 Å². The van der Waals surface area contributed by atoms with Crippen molar-refractivity contribution in [3.8, 4) is 5.75 Å². The van der Waals surface area contributed by atoms with Crippen molar-refractivity contribution in [1.29, 1.82) is 0 Å². The Balaban J connectivity index is 2.36. The molecule has 0 aromatic heterocycles. The number of halogens is 1. The fraction of sp³-hybridized carbons (Fsp3) is 0.381. The number of anilines is 1. The summed E-state index contributed by atoms with van der Waals surface area (Å²) in [6.07, 6.45) is 1.72. The lowest BCUT2D eigenvalue weighted by molar-refractivity contribution is 0.423. The fourth-order valence-corrected chi connectivity index (χ4v) is 2.58. The zero-order valence-electron chi connectivity index (χ0n) is 15.8. The highest BCUT2D eigenvalue weighted by atomic mass is 19.1. The van der Waals surface area contributed by atoms with Crippen LogP contribution in [0.5, 0.6) is 5.75 Å². The Bertz CT molecular complexity index is 731. The molecule has 0 spiro atoms. The summed E-state index contributed by atoms with van der Waals surface area (Å²) in [4.78, 5) is 0. The Hall–Kier alpha value is -2.36. The molecule has 0 radical (unpaired) electrons. The number of benzene rings is 2. The monoisotopic (exact) mass is 342 g/mol. The third kappa shape index (κ3) is 4.81. The normalized spacial score (nSPS) is 12.6. The third-order valence-electron chi connectivity index (χ3n) is 4.00. The van der Waals surface area contributed by atoms with Gasteiger partial charge in [-0.15, -0.1) is 0 Å². The molecule has 134 valence electrons. The number of rotatable bonds is 3. The van der Waals surface area contributed by atoms with E-state index in [1.807, 2.05) is 12.1 Å². The second kappa shape index (κ2) is 6.87. The average molecular weight is 342 g/mol. The molecule has 0 heterocycles. The molecule has 0 aliphatic carbocycles. The van der Waals surface area contributed by atoms with Gasteiger partial charge in [0.05, 0.1) is 11.9 Å². The van der Waals surface area contributed by atoms with Crippen LogP contribution in [-0.2, 0) is 10.8 Å². The summed E-state index contributed by atoms with van der Waals surface area (Å²) in [6.45, 7) is 12.5. The fourth-order valence-electron chi connectivity index (χ4n) is 2.58. The highest BCUT2D eigenvalue weighted by Crippen LogP contribution is 2.39. The molecule has 0 amide bonds. The van der Waals surface area contributed by atoms with E-state index in [-0.39, 0.29) is 16.6 Å². The van der Waals surface area contributed by atoms with E-state index < -0.39 is 0 Å². The first-order valence-corrected chi connectivity index (χ1v) is 8.41. The summed E-state index contributed by atoms with van der Waals surface area (Å²) in [5.41, 5.74) is 5.93. The number of hydrazone groups is 1. The van der Waals surface area contributed by atoms with Crippen molar-refractivity contribution in [2.75, 3.05) is 5.43 Å². The second-order valence-electron chi connectivity index (χ2n) is 8.34. The molecular weight excluding hydrogens is 315 g/mol. The number of phenols is 1. The van der Waals surface area contributed by atoms with Crippen LogP contribution in [0.3, 0.4) is 0 Å². The minimum atomic E-state index is -0.280. The zero-order valence-corrected chi connectivity index (χ0v) is 15.8. The number of hydrogen-bond acceptors (Lipinski definition) is 3. The van der Waals surface area contributed by atoms with Crippen LogP contribution in [0, 0.1) is 5.82 Å². The molecule has 0 saturated heterocycles. The molecule has 2 aromatic carbocycles. The predicted octanol–water partition coefficient (Wildman–Crippen LogP) is 5.57. The first kappa shape index (κ1) is 19.0. The van der Waals surface area contributed by atoms with Gasteiger partial charge in [-0.1, -0.05) is 41.5 Å². The van der Waals surface area contributed by atoms with Gasteiger partial charge in [0, 0.05) is 11.1 Å². The van der Waals surface area contributed by atoms with Crippen molar-refractivity contribution >= 4 is 11.9 Å². The van der Waals surface area contributed by atoms with Crippen molar-refractivity contribution < 1.29 is 9.50 Å². The maximum atomic E-state index is 12.9. The van der Waals surface area contributed by atoms with Crippen LogP contribution in [0.4, 0.5) is 10.1 Å². The van der Waals surface area contributed by atoms with Gasteiger partial charge in [-0.3, -0.25) is 5.43 Å². The SMILES string of the molecule is CC(C)(C)c1cc(/C=N/Nc2ccc(F)cc2)cc(C(C)(C)C)c1O. The Morgan fingerprint density at radius 2 is 1.40 bits per heavy atom. The standard InChI is InChI=1S/C21H27FN2O/c1-20(2,3)17-11-14(12-18(19(17)25)21(4,5)6)13-23-24-16-9-7-15(22)8-10-16/h7-13,24-25H,1-6H3/b23-13+. The second-order valence-corrected chi connectivity index (χ2v) is 8.34. The van der Waals surface area contributed by atoms with E-state index in [9.17, 15) is 9.50 Å². The van der Waals surface area contributed by atoms with Crippen molar-refractivity contribution in [3.05, 3.63) is 58.9 Å². The van der Waals surface area contributed by atoms with Crippen LogP contribution in [0.2, 0.25) is 0 Å². The summed E-state index contributed by atoms with van der Waals surface area (Å²) >= 11 is 0. The Labute approximate surface area is 149 Å². The van der Waals surface area contributed by atoms with Crippen LogP contribution < -0.4 is 5.43 Å². The van der Waals surface area contributed by atoms with Crippen molar-refractivity contribution in [2.24, 2.45) is 5.10 Å². The van der Waals surface area contributed by atoms with E-state index in [1.54, 1.807) is 18.3 Å². The van der Waals surface area contributed by atoms with Crippen molar-refractivity contribution in [1.82, 2.24) is 0 Å². The lowest BCUT2D eigenvalue weighted by Gasteiger charge is -2.27. The molecule has 0 aliphatic heterocycles. The van der Waals surface area contributed by atoms with E-state index in [1.165, 1.54) is 12.1 Å². The zero-order chi connectivity index (χ0) is 18.8. The van der Waals surface area contributed by atoms with E-state index in [0.29, 0.717) is 11.4 Å². The molecule has 4 heteroatoms. The number of hydrogen-bond donors (Lipinski definition) is 2. The summed E-state index contributed by atoms with van der Waals surface area (Å²) in [5, 5.41) is 15.0. The Morgan fingerprint density at radius 3 is 1.84 bits per heavy atom. The van der Waals surface area contributed by atoms with E-state index in [4.69, 9.17) is 0 Å². The minimum Gasteiger partial charge on any atom is -0.507 e. The van der Waals surface area contributed by atoms with Gasteiger partial charge in [0.2, 0.25) is 0 Å². The molecule has 0 fully saturated rings. The molecule has 2 rings (SSSR count). The van der Waals surface area contributed by atoms with Crippen LogP contribution >= 0.6 is 0 Å². The molecule has 0 atom stereocenters. The van der Waals surface area contributed by atoms with Gasteiger partial charge in [0.15, 0.2) is 0 Å². The molecule has 2 N–H and O–H groups in total. The Morgan fingerprint density at radius 1 is 0.920 bits per heavy atom. The number of phenolic OH excluding ortho intramolecular Hbond substituents is 1. The van der Waals surface area contributed by atoms with Gasteiger partial charge < -0.3 is 5.11 Å². The van der Waals surface area contributed by atoms with Gasteiger partial charge in [0.25, 0.3) is 0 Å². The van der Waals surface area contributed by atoms with E-state index >= 15 is 0 Å². The molecule has 25 heavy (non-hydrogen) atoms. The average Bonchev–Trinajstić information content (AvgIpc) is 2.48. The van der Waals surface area contributed by atoms with Gasteiger partial charge in [0.1, 0.15) is 11.6 Å². The van der Waals surface area contributed by atoms with Crippen LogP contribution in [0.15, 0.2) is 41.5 Å². The highest BCUT2D eigenvalue weighted by molar-refractivity contribution is 5.82. The lowest BCUT2D eigenvalue weighted by Crippen LogP contribution is -2.17. The van der Waals surface area contributed by atoms with Gasteiger partial charge in [-0.2, -0.15) is 5.10 Å². The lowest BCUT2D eigenvalue weighted by atomic mass is 9.78. The van der Waals surface area contributed by atoms with Crippen molar-refractivity contribution in [2.45, 2.75) is 52.4 Å². The first-order valence-electron chi connectivity index (χ1n) is 8.41. The van der Waals surface area contributed by atoms with Gasteiger partial charge in [-0.05, 0) is 52.8 Å². The molecule has 2 aromatic rings. The quantitative estimate of drug-likeness (QED) is 0.565. The Kier molecular flexibility index (Phi) is 5.21. The van der Waals surface area contributed by atoms with E-state index in [2.05, 4.69) is 52.1 Å². The smallest absolute Gasteiger partial charge is 0.123 e. The molecule has 0 aliphatic rings. The molecule has 0 unspecified atom stereocenters. The summed E-state index contributed by atoms with van der Waals surface area (Å²) < 4.78 is 12.9. The molecule has 0 saturated carbocycles.